The molecule has 0 heterocycles. The predicted molar refractivity (Wildman–Crippen MR) is 96.5 cm³/mol. The highest BCUT2D eigenvalue weighted by Gasteiger charge is 2.17. The van der Waals surface area contributed by atoms with Crippen LogP contribution in [0.2, 0.25) is 0 Å². The monoisotopic (exact) mass is 329 g/mol. The van der Waals surface area contributed by atoms with Gasteiger partial charge >= 0.3 is 0 Å². The highest BCUT2D eigenvalue weighted by molar-refractivity contribution is 5.33. The van der Waals surface area contributed by atoms with Crippen LogP contribution in [0.4, 0.5) is 0 Å². The van der Waals surface area contributed by atoms with Gasteiger partial charge in [0.05, 0.1) is 7.11 Å². The van der Waals surface area contributed by atoms with E-state index in [-0.39, 0.29) is 6.61 Å². The van der Waals surface area contributed by atoms with Crippen LogP contribution in [-0.2, 0) is 6.54 Å². The maximum Gasteiger partial charge on any atom is 0.123 e. The van der Waals surface area contributed by atoms with E-state index in [4.69, 9.17) is 9.47 Å². The molecule has 0 aliphatic heterocycles. The molecule has 4 nitrogen and oxygen atoms in total. The van der Waals surface area contributed by atoms with Gasteiger partial charge in [0, 0.05) is 24.7 Å². The van der Waals surface area contributed by atoms with Gasteiger partial charge in [-0.3, -0.25) is 4.90 Å². The Kier molecular flexibility index (Phi) is 7.09. The zero-order valence-corrected chi connectivity index (χ0v) is 14.7. The number of nitrogens with zero attached hydrogens (tertiary/aromatic N) is 1. The summed E-state index contributed by atoms with van der Waals surface area (Å²) in [6.07, 6.45) is -0.553. The quantitative estimate of drug-likeness (QED) is 0.766. The molecular weight excluding hydrogens is 302 g/mol. The first-order valence-corrected chi connectivity index (χ1v) is 8.32. The summed E-state index contributed by atoms with van der Waals surface area (Å²) in [6.45, 7) is 5.80. The van der Waals surface area contributed by atoms with Crippen LogP contribution in [0.5, 0.6) is 11.5 Å². The maximum absolute atomic E-state index is 10.3. The van der Waals surface area contributed by atoms with Gasteiger partial charge in [-0.15, -0.1) is 0 Å². The summed E-state index contributed by atoms with van der Waals surface area (Å²) in [5.41, 5.74) is 1.12. The van der Waals surface area contributed by atoms with Crippen LogP contribution in [0.25, 0.3) is 0 Å². The summed E-state index contributed by atoms with van der Waals surface area (Å²) in [7, 11) is 1.68. The Morgan fingerprint density at radius 1 is 1.00 bits per heavy atom. The van der Waals surface area contributed by atoms with Gasteiger partial charge in [-0.2, -0.15) is 0 Å². The normalized spacial score (nSPS) is 12.4. The lowest BCUT2D eigenvalue weighted by Gasteiger charge is -2.29. The van der Waals surface area contributed by atoms with Crippen LogP contribution >= 0.6 is 0 Å². The first-order chi connectivity index (χ1) is 11.6. The molecule has 0 aliphatic carbocycles. The van der Waals surface area contributed by atoms with Gasteiger partial charge in [0.2, 0.25) is 0 Å². The third-order valence-corrected chi connectivity index (χ3v) is 3.93. The molecule has 0 saturated carbocycles. The van der Waals surface area contributed by atoms with Crippen LogP contribution in [0, 0.1) is 0 Å². The van der Waals surface area contributed by atoms with Crippen LogP contribution in [0.15, 0.2) is 54.6 Å². The van der Waals surface area contributed by atoms with Crippen molar-refractivity contribution in [1.29, 1.82) is 0 Å². The fourth-order valence-corrected chi connectivity index (χ4v) is 2.54. The standard InChI is InChI=1S/C20H27NO3/c1-16(2)21(13-17-9-7-8-12-20(17)23-3)14-18(22)15-24-19-10-5-4-6-11-19/h4-12,16,18,22H,13-15H2,1-3H3/t18-/m0/s1. The second-order valence-corrected chi connectivity index (χ2v) is 6.11. The molecule has 0 unspecified atom stereocenters. The Labute approximate surface area is 144 Å². The molecule has 24 heavy (non-hydrogen) atoms. The van der Waals surface area contributed by atoms with Crippen molar-refractivity contribution in [3.63, 3.8) is 0 Å². The van der Waals surface area contributed by atoms with Crippen molar-refractivity contribution in [1.82, 2.24) is 4.90 Å². The summed E-state index contributed by atoms with van der Waals surface area (Å²) in [6, 6.07) is 17.9. The topological polar surface area (TPSA) is 41.9 Å². The summed E-state index contributed by atoms with van der Waals surface area (Å²) in [5, 5.41) is 10.3. The van der Waals surface area contributed by atoms with E-state index in [1.807, 2.05) is 48.5 Å². The molecule has 1 atom stereocenters. The van der Waals surface area contributed by atoms with E-state index in [1.54, 1.807) is 7.11 Å². The Balaban J connectivity index is 1.92. The molecule has 2 rings (SSSR count). The lowest BCUT2D eigenvalue weighted by molar-refractivity contribution is 0.0540. The van der Waals surface area contributed by atoms with Gasteiger partial charge in [-0.1, -0.05) is 36.4 Å². The molecule has 4 heteroatoms. The zero-order chi connectivity index (χ0) is 17.4. The minimum absolute atomic E-state index is 0.277. The van der Waals surface area contributed by atoms with Crippen LogP contribution in [0.1, 0.15) is 19.4 Å². The molecule has 2 aromatic rings. The molecular formula is C20H27NO3. The fraction of sp³-hybridized carbons (Fsp3) is 0.400. The van der Waals surface area contributed by atoms with E-state index in [0.29, 0.717) is 12.6 Å². The largest absolute Gasteiger partial charge is 0.496 e. The van der Waals surface area contributed by atoms with Crippen LogP contribution < -0.4 is 9.47 Å². The van der Waals surface area contributed by atoms with Crippen molar-refractivity contribution in [2.24, 2.45) is 0 Å². The van der Waals surface area contributed by atoms with Gasteiger partial charge in [0.25, 0.3) is 0 Å². The number of rotatable bonds is 9. The predicted octanol–water partition coefficient (Wildman–Crippen LogP) is 3.35. The number of aliphatic hydroxyl groups is 1. The van der Waals surface area contributed by atoms with Crippen molar-refractivity contribution in [3.8, 4) is 11.5 Å². The van der Waals surface area contributed by atoms with Crippen molar-refractivity contribution in [3.05, 3.63) is 60.2 Å². The van der Waals surface area contributed by atoms with Crippen molar-refractivity contribution >= 4 is 0 Å². The van der Waals surface area contributed by atoms with Crippen LogP contribution in [-0.4, -0.2) is 42.4 Å². The van der Waals surface area contributed by atoms with Crippen molar-refractivity contribution in [2.45, 2.75) is 32.5 Å². The van der Waals surface area contributed by atoms with Gasteiger partial charge in [-0.25, -0.2) is 0 Å². The first kappa shape index (κ1) is 18.3. The summed E-state index contributed by atoms with van der Waals surface area (Å²) < 4.78 is 11.1. The summed E-state index contributed by atoms with van der Waals surface area (Å²) in [4.78, 5) is 2.22. The number of hydrogen-bond acceptors (Lipinski definition) is 4. The average molecular weight is 329 g/mol. The molecule has 2 aromatic carbocycles. The number of ether oxygens (including phenoxy) is 2. The van der Waals surface area contributed by atoms with E-state index in [2.05, 4.69) is 24.8 Å². The van der Waals surface area contributed by atoms with Gasteiger partial charge in [0.15, 0.2) is 0 Å². The smallest absolute Gasteiger partial charge is 0.123 e. The SMILES string of the molecule is COc1ccccc1CN(C[C@H](O)COc1ccccc1)C(C)C. The molecule has 0 fully saturated rings. The number of methoxy groups -OCH3 is 1. The minimum atomic E-state index is -0.553. The number of aliphatic hydroxyl groups excluding tert-OH is 1. The summed E-state index contributed by atoms with van der Waals surface area (Å²) in [5.74, 6) is 1.65. The third kappa shape index (κ3) is 5.55. The molecule has 0 saturated heterocycles. The van der Waals surface area contributed by atoms with Gasteiger partial charge in [0.1, 0.15) is 24.2 Å². The minimum Gasteiger partial charge on any atom is -0.496 e. The Morgan fingerprint density at radius 2 is 1.67 bits per heavy atom. The molecule has 1 N–H and O–H groups in total. The highest BCUT2D eigenvalue weighted by Crippen LogP contribution is 2.20. The van der Waals surface area contributed by atoms with Crippen molar-refractivity contribution in [2.75, 3.05) is 20.3 Å². The average Bonchev–Trinajstić information content (AvgIpc) is 2.60. The van der Waals surface area contributed by atoms with Crippen molar-refractivity contribution < 1.29 is 14.6 Å². The fourth-order valence-electron chi connectivity index (χ4n) is 2.54. The maximum atomic E-state index is 10.3. The number of benzene rings is 2. The second-order valence-electron chi connectivity index (χ2n) is 6.11. The van der Waals surface area contributed by atoms with E-state index in [9.17, 15) is 5.11 Å². The Hall–Kier alpha value is -2.04. The molecule has 0 bridgehead atoms. The molecule has 0 aliphatic rings. The molecule has 0 spiro atoms. The Bertz CT molecular complexity index is 601. The molecule has 0 aromatic heterocycles. The second kappa shape index (κ2) is 9.30. The van der Waals surface area contributed by atoms with Gasteiger partial charge < -0.3 is 14.6 Å². The van der Waals surface area contributed by atoms with E-state index in [0.717, 1.165) is 23.6 Å². The molecule has 130 valence electrons. The molecule has 0 radical (unpaired) electrons. The number of para-hydroxylation sites is 2. The lowest BCUT2D eigenvalue weighted by atomic mass is 10.1. The van der Waals surface area contributed by atoms with Gasteiger partial charge in [-0.05, 0) is 32.0 Å². The van der Waals surface area contributed by atoms with Crippen LogP contribution in [0.3, 0.4) is 0 Å². The van der Waals surface area contributed by atoms with E-state index < -0.39 is 6.10 Å². The Morgan fingerprint density at radius 3 is 2.33 bits per heavy atom. The number of hydrogen-bond donors (Lipinski definition) is 1. The zero-order valence-electron chi connectivity index (χ0n) is 14.7. The summed E-state index contributed by atoms with van der Waals surface area (Å²) >= 11 is 0. The highest BCUT2D eigenvalue weighted by atomic mass is 16.5. The lowest BCUT2D eigenvalue weighted by Crippen LogP contribution is -2.39. The van der Waals surface area contributed by atoms with E-state index >= 15 is 0 Å². The first-order valence-electron chi connectivity index (χ1n) is 8.32. The molecule has 0 amide bonds. The third-order valence-electron chi connectivity index (χ3n) is 3.93. The van der Waals surface area contributed by atoms with E-state index in [1.165, 1.54) is 0 Å².